The number of carbonyl (C=O) groups excluding carboxylic acids is 1. The first-order valence-corrected chi connectivity index (χ1v) is 7.72. The standard InChI is InChI=1S/C16H16ClN5O2/c1-10(22-9-18-8-21-22)6-20-16(23)13-7-19-14-5-11(17)3-4-12(14)15(13)24-2/h3-5,7-10H,6H2,1-2H3,(H,20,23)/t10-/m1/s1. The van der Waals surface area contributed by atoms with Crippen LogP contribution < -0.4 is 10.1 Å². The van der Waals surface area contributed by atoms with Gasteiger partial charge in [0.1, 0.15) is 24.0 Å². The summed E-state index contributed by atoms with van der Waals surface area (Å²) >= 11 is 5.98. The van der Waals surface area contributed by atoms with Gasteiger partial charge in [-0.15, -0.1) is 0 Å². The summed E-state index contributed by atoms with van der Waals surface area (Å²) in [4.78, 5) is 20.7. The Bertz CT molecular complexity index is 866. The second-order valence-electron chi connectivity index (χ2n) is 5.30. The molecule has 0 fully saturated rings. The number of nitrogens with one attached hydrogen (secondary N) is 1. The highest BCUT2D eigenvalue weighted by Gasteiger charge is 2.17. The van der Waals surface area contributed by atoms with Gasteiger partial charge in [0.05, 0.1) is 18.7 Å². The predicted octanol–water partition coefficient (Wildman–Crippen LogP) is 2.48. The van der Waals surface area contributed by atoms with Crippen molar-refractivity contribution in [3.05, 3.63) is 47.6 Å². The van der Waals surface area contributed by atoms with Crippen LogP contribution in [0, 0.1) is 0 Å². The van der Waals surface area contributed by atoms with Crippen molar-refractivity contribution in [2.75, 3.05) is 13.7 Å². The third-order valence-corrected chi connectivity index (χ3v) is 3.91. The zero-order valence-corrected chi connectivity index (χ0v) is 14.0. The number of methoxy groups -OCH3 is 1. The first-order valence-electron chi connectivity index (χ1n) is 7.34. The van der Waals surface area contributed by atoms with Crippen LogP contribution in [0.5, 0.6) is 5.75 Å². The van der Waals surface area contributed by atoms with Crippen LogP contribution >= 0.6 is 11.6 Å². The molecule has 8 heteroatoms. The molecule has 1 atom stereocenters. The fourth-order valence-corrected chi connectivity index (χ4v) is 2.56. The van der Waals surface area contributed by atoms with Crippen LogP contribution in [0.25, 0.3) is 10.9 Å². The third kappa shape index (κ3) is 3.16. The van der Waals surface area contributed by atoms with E-state index in [9.17, 15) is 4.79 Å². The van der Waals surface area contributed by atoms with Crippen molar-refractivity contribution in [3.63, 3.8) is 0 Å². The van der Waals surface area contributed by atoms with E-state index in [4.69, 9.17) is 16.3 Å². The maximum atomic E-state index is 12.5. The summed E-state index contributed by atoms with van der Waals surface area (Å²) in [7, 11) is 1.53. The summed E-state index contributed by atoms with van der Waals surface area (Å²) in [5, 5.41) is 8.23. The van der Waals surface area contributed by atoms with Crippen molar-refractivity contribution in [2.45, 2.75) is 13.0 Å². The van der Waals surface area contributed by atoms with Gasteiger partial charge in [-0.1, -0.05) is 11.6 Å². The van der Waals surface area contributed by atoms with Gasteiger partial charge in [0.2, 0.25) is 0 Å². The van der Waals surface area contributed by atoms with Gasteiger partial charge >= 0.3 is 0 Å². The van der Waals surface area contributed by atoms with Crippen molar-refractivity contribution >= 4 is 28.4 Å². The second-order valence-corrected chi connectivity index (χ2v) is 5.74. The molecule has 0 aliphatic rings. The number of halogens is 1. The number of ether oxygens (including phenoxy) is 1. The molecule has 3 aromatic rings. The van der Waals surface area contributed by atoms with E-state index in [2.05, 4.69) is 20.4 Å². The highest BCUT2D eigenvalue weighted by Crippen LogP contribution is 2.29. The maximum absolute atomic E-state index is 12.5. The lowest BCUT2D eigenvalue weighted by atomic mass is 10.1. The molecule has 24 heavy (non-hydrogen) atoms. The number of rotatable bonds is 5. The Hall–Kier alpha value is -2.67. The molecule has 0 aliphatic heterocycles. The molecular formula is C16H16ClN5O2. The van der Waals surface area contributed by atoms with Gasteiger partial charge in [0.15, 0.2) is 0 Å². The first-order chi connectivity index (χ1) is 11.6. The number of pyridine rings is 1. The summed E-state index contributed by atoms with van der Waals surface area (Å²) in [6.07, 6.45) is 4.56. The summed E-state index contributed by atoms with van der Waals surface area (Å²) < 4.78 is 7.11. The first kappa shape index (κ1) is 16.2. The van der Waals surface area contributed by atoms with E-state index in [0.717, 1.165) is 5.39 Å². The van der Waals surface area contributed by atoms with Crippen molar-refractivity contribution < 1.29 is 9.53 Å². The molecule has 2 aromatic heterocycles. The molecule has 0 spiro atoms. The van der Waals surface area contributed by atoms with Gasteiger partial charge in [0, 0.05) is 23.2 Å². The summed E-state index contributed by atoms with van der Waals surface area (Å²) in [5.41, 5.74) is 1.05. The lowest BCUT2D eigenvalue weighted by molar-refractivity contribution is 0.0944. The van der Waals surface area contributed by atoms with Crippen molar-refractivity contribution in [2.24, 2.45) is 0 Å². The summed E-state index contributed by atoms with van der Waals surface area (Å²) in [5.74, 6) is 0.214. The normalized spacial score (nSPS) is 12.1. The second kappa shape index (κ2) is 6.84. The van der Waals surface area contributed by atoms with Gasteiger partial charge in [-0.3, -0.25) is 9.78 Å². The van der Waals surface area contributed by atoms with Crippen LogP contribution in [0.15, 0.2) is 37.1 Å². The average molecular weight is 346 g/mol. The number of fused-ring (bicyclic) bond motifs is 1. The Balaban J connectivity index is 1.83. The van der Waals surface area contributed by atoms with E-state index in [1.807, 2.05) is 6.92 Å². The number of hydrogen-bond acceptors (Lipinski definition) is 5. The van der Waals surface area contributed by atoms with Crippen LogP contribution in [0.3, 0.4) is 0 Å². The minimum Gasteiger partial charge on any atom is -0.495 e. The van der Waals surface area contributed by atoms with E-state index in [-0.39, 0.29) is 11.9 Å². The maximum Gasteiger partial charge on any atom is 0.256 e. The molecule has 124 valence electrons. The molecule has 0 saturated heterocycles. The topological polar surface area (TPSA) is 81.9 Å². The molecule has 2 heterocycles. The van der Waals surface area contributed by atoms with E-state index in [1.165, 1.54) is 19.6 Å². The van der Waals surface area contributed by atoms with Gasteiger partial charge < -0.3 is 10.1 Å². The summed E-state index contributed by atoms with van der Waals surface area (Å²) in [6.45, 7) is 2.34. The minimum absolute atomic E-state index is 0.0188. The molecule has 3 rings (SSSR count). The highest BCUT2D eigenvalue weighted by molar-refractivity contribution is 6.31. The fourth-order valence-electron chi connectivity index (χ4n) is 2.40. The molecule has 0 radical (unpaired) electrons. The largest absolute Gasteiger partial charge is 0.495 e. The highest BCUT2D eigenvalue weighted by atomic mass is 35.5. The number of aromatic nitrogens is 4. The van der Waals surface area contributed by atoms with Crippen LogP contribution in [0.4, 0.5) is 0 Å². The number of carbonyl (C=O) groups is 1. The van der Waals surface area contributed by atoms with Crippen LogP contribution in [-0.2, 0) is 0 Å². The number of benzene rings is 1. The van der Waals surface area contributed by atoms with E-state index in [0.29, 0.717) is 28.4 Å². The van der Waals surface area contributed by atoms with Crippen molar-refractivity contribution in [1.29, 1.82) is 0 Å². The third-order valence-electron chi connectivity index (χ3n) is 3.68. The molecule has 1 N–H and O–H groups in total. The molecular weight excluding hydrogens is 330 g/mol. The van der Waals surface area contributed by atoms with E-state index in [1.54, 1.807) is 29.2 Å². The number of hydrogen-bond donors (Lipinski definition) is 1. The molecule has 1 amide bonds. The molecule has 0 aliphatic carbocycles. The smallest absolute Gasteiger partial charge is 0.256 e. The Morgan fingerprint density at radius 3 is 3.00 bits per heavy atom. The quantitative estimate of drug-likeness (QED) is 0.768. The fraction of sp³-hybridized carbons (Fsp3) is 0.250. The minimum atomic E-state index is -0.261. The molecule has 1 aromatic carbocycles. The van der Waals surface area contributed by atoms with Crippen molar-refractivity contribution in [1.82, 2.24) is 25.1 Å². The Morgan fingerprint density at radius 2 is 2.29 bits per heavy atom. The van der Waals surface area contributed by atoms with Crippen LogP contribution in [0.2, 0.25) is 5.02 Å². The lowest BCUT2D eigenvalue weighted by Crippen LogP contribution is -2.30. The SMILES string of the molecule is COc1c(C(=O)NC[C@@H](C)n2cncn2)cnc2cc(Cl)ccc12. The zero-order valence-electron chi connectivity index (χ0n) is 13.2. The number of amides is 1. The Morgan fingerprint density at radius 1 is 1.46 bits per heavy atom. The summed E-state index contributed by atoms with van der Waals surface area (Å²) in [6, 6.07) is 5.24. The number of nitrogens with zero attached hydrogens (tertiary/aromatic N) is 4. The lowest BCUT2D eigenvalue weighted by Gasteiger charge is -2.14. The van der Waals surface area contributed by atoms with Crippen LogP contribution in [0.1, 0.15) is 23.3 Å². The Kier molecular flexibility index (Phi) is 4.61. The molecule has 0 bridgehead atoms. The van der Waals surface area contributed by atoms with E-state index < -0.39 is 0 Å². The van der Waals surface area contributed by atoms with Gasteiger partial charge in [-0.25, -0.2) is 9.67 Å². The molecule has 0 unspecified atom stereocenters. The van der Waals surface area contributed by atoms with Crippen LogP contribution in [-0.4, -0.2) is 39.3 Å². The van der Waals surface area contributed by atoms with E-state index >= 15 is 0 Å². The molecule has 0 saturated carbocycles. The van der Waals surface area contributed by atoms with Gasteiger partial charge in [0.25, 0.3) is 5.91 Å². The predicted molar refractivity (Wildman–Crippen MR) is 90.4 cm³/mol. The molecule has 7 nitrogen and oxygen atoms in total. The monoisotopic (exact) mass is 345 g/mol. The van der Waals surface area contributed by atoms with Gasteiger partial charge in [-0.05, 0) is 25.1 Å². The zero-order chi connectivity index (χ0) is 17.1. The Labute approximate surface area is 143 Å². The average Bonchev–Trinajstić information content (AvgIpc) is 3.12. The van der Waals surface area contributed by atoms with Gasteiger partial charge in [-0.2, -0.15) is 5.10 Å². The van der Waals surface area contributed by atoms with Crippen molar-refractivity contribution in [3.8, 4) is 5.75 Å².